The Bertz CT molecular complexity index is 1110. The molecule has 30 heavy (non-hydrogen) atoms. The van der Waals surface area contributed by atoms with Crippen LogP contribution < -0.4 is 5.32 Å². The first kappa shape index (κ1) is 18.7. The van der Waals surface area contributed by atoms with E-state index in [0.29, 0.717) is 6.54 Å². The maximum absolute atomic E-state index is 13.5. The molecule has 0 spiro atoms. The molecular formula is C22H19F3N4O. The molecule has 2 heterocycles. The summed E-state index contributed by atoms with van der Waals surface area (Å²) in [5.41, 5.74) is 2.76. The van der Waals surface area contributed by atoms with E-state index in [2.05, 4.69) is 10.4 Å². The highest BCUT2D eigenvalue weighted by Gasteiger charge is 2.42. The number of benzene rings is 2. The SMILES string of the molecule is O=C(Nc1ccc(F)c(F)c1)N1Cc2c(-c3ccc(F)cc3)cnn2[C@H]2CCC[C@H]21. The van der Waals surface area contributed by atoms with Crippen LogP contribution in [0.15, 0.2) is 48.7 Å². The van der Waals surface area contributed by atoms with Crippen molar-refractivity contribution in [2.45, 2.75) is 37.9 Å². The van der Waals surface area contributed by atoms with E-state index in [0.717, 1.165) is 48.2 Å². The number of rotatable bonds is 2. The lowest BCUT2D eigenvalue weighted by Gasteiger charge is -2.38. The van der Waals surface area contributed by atoms with Crippen LogP contribution in [0.2, 0.25) is 0 Å². The van der Waals surface area contributed by atoms with Crippen molar-refractivity contribution < 1.29 is 18.0 Å². The molecule has 1 aromatic heterocycles. The van der Waals surface area contributed by atoms with Crippen LogP contribution in [0.3, 0.4) is 0 Å². The Hall–Kier alpha value is -3.29. The number of hydrogen-bond acceptors (Lipinski definition) is 2. The number of carbonyl (C=O) groups is 1. The number of aromatic nitrogens is 2. The molecule has 1 aliphatic heterocycles. The van der Waals surface area contributed by atoms with Gasteiger partial charge in [-0.15, -0.1) is 0 Å². The summed E-state index contributed by atoms with van der Waals surface area (Å²) in [7, 11) is 0. The molecule has 1 saturated carbocycles. The van der Waals surface area contributed by atoms with Gasteiger partial charge in [0, 0.05) is 17.3 Å². The number of anilines is 1. The molecule has 2 atom stereocenters. The zero-order valence-corrected chi connectivity index (χ0v) is 16.0. The summed E-state index contributed by atoms with van der Waals surface area (Å²) in [6.45, 7) is 0.323. The van der Waals surface area contributed by atoms with Gasteiger partial charge in [0.2, 0.25) is 0 Å². The molecule has 0 radical (unpaired) electrons. The van der Waals surface area contributed by atoms with Gasteiger partial charge in [-0.2, -0.15) is 5.10 Å². The number of carbonyl (C=O) groups excluding carboxylic acids is 1. The number of amides is 2. The van der Waals surface area contributed by atoms with Gasteiger partial charge in [-0.05, 0) is 49.1 Å². The minimum atomic E-state index is -1.01. The van der Waals surface area contributed by atoms with E-state index in [9.17, 15) is 18.0 Å². The molecule has 2 amide bonds. The van der Waals surface area contributed by atoms with E-state index in [1.807, 2.05) is 4.68 Å². The maximum atomic E-state index is 13.5. The predicted molar refractivity (Wildman–Crippen MR) is 105 cm³/mol. The Morgan fingerprint density at radius 3 is 2.53 bits per heavy atom. The van der Waals surface area contributed by atoms with Crippen LogP contribution in [0.5, 0.6) is 0 Å². The van der Waals surface area contributed by atoms with Crippen LogP contribution in [-0.4, -0.2) is 26.8 Å². The van der Waals surface area contributed by atoms with Gasteiger partial charge in [0.25, 0.3) is 0 Å². The fourth-order valence-electron chi connectivity index (χ4n) is 4.54. The Morgan fingerprint density at radius 2 is 1.77 bits per heavy atom. The first-order valence-electron chi connectivity index (χ1n) is 9.86. The monoisotopic (exact) mass is 412 g/mol. The van der Waals surface area contributed by atoms with Crippen molar-refractivity contribution in [1.82, 2.24) is 14.7 Å². The molecule has 2 aromatic carbocycles. The topological polar surface area (TPSA) is 50.2 Å². The predicted octanol–water partition coefficient (Wildman–Crippen LogP) is 5.11. The van der Waals surface area contributed by atoms with Gasteiger partial charge in [-0.1, -0.05) is 12.1 Å². The van der Waals surface area contributed by atoms with Crippen LogP contribution in [0.1, 0.15) is 31.0 Å². The van der Waals surface area contributed by atoms with Crippen LogP contribution in [0, 0.1) is 17.5 Å². The van der Waals surface area contributed by atoms with Gasteiger partial charge in [0.15, 0.2) is 11.6 Å². The molecule has 1 aliphatic carbocycles. The van der Waals surface area contributed by atoms with Gasteiger partial charge < -0.3 is 10.2 Å². The summed E-state index contributed by atoms with van der Waals surface area (Å²) in [6, 6.07) is 9.14. The Balaban J connectivity index is 1.47. The molecule has 2 aliphatic rings. The van der Waals surface area contributed by atoms with Crippen molar-refractivity contribution in [2.75, 3.05) is 5.32 Å². The number of nitrogens with one attached hydrogen (secondary N) is 1. The van der Waals surface area contributed by atoms with Crippen LogP contribution in [-0.2, 0) is 6.54 Å². The minimum Gasteiger partial charge on any atom is -0.313 e. The van der Waals surface area contributed by atoms with E-state index in [1.54, 1.807) is 23.2 Å². The van der Waals surface area contributed by atoms with Gasteiger partial charge in [0.05, 0.1) is 30.5 Å². The van der Waals surface area contributed by atoms with Gasteiger partial charge in [0.1, 0.15) is 5.82 Å². The zero-order chi connectivity index (χ0) is 20.8. The summed E-state index contributed by atoms with van der Waals surface area (Å²) in [4.78, 5) is 14.8. The van der Waals surface area contributed by atoms with Gasteiger partial charge in [-0.3, -0.25) is 4.68 Å². The van der Waals surface area contributed by atoms with Crippen molar-refractivity contribution in [3.05, 3.63) is 71.8 Å². The first-order chi connectivity index (χ1) is 14.5. The van der Waals surface area contributed by atoms with Crippen molar-refractivity contribution in [3.63, 3.8) is 0 Å². The van der Waals surface area contributed by atoms with Crippen LogP contribution >= 0.6 is 0 Å². The molecule has 0 unspecified atom stereocenters. The summed E-state index contributed by atoms with van der Waals surface area (Å²) in [5, 5.41) is 7.25. The standard InChI is InChI=1S/C22H19F3N4O/c23-14-6-4-13(5-7-14)16-11-26-29-20-3-1-2-19(20)28(12-21(16)29)22(30)27-15-8-9-17(24)18(25)10-15/h4-11,19-20H,1-3,12H2,(H,27,30)/t19-,20+/m1/s1. The second-order valence-corrected chi connectivity index (χ2v) is 7.71. The van der Waals surface area contributed by atoms with E-state index >= 15 is 0 Å². The molecular weight excluding hydrogens is 393 g/mol. The van der Waals surface area contributed by atoms with Crippen molar-refractivity contribution in [3.8, 4) is 11.1 Å². The highest BCUT2D eigenvalue weighted by atomic mass is 19.2. The maximum Gasteiger partial charge on any atom is 0.322 e. The largest absolute Gasteiger partial charge is 0.322 e. The lowest BCUT2D eigenvalue weighted by Crippen LogP contribution is -2.48. The number of hydrogen-bond donors (Lipinski definition) is 1. The van der Waals surface area contributed by atoms with Crippen molar-refractivity contribution in [1.29, 1.82) is 0 Å². The summed E-state index contributed by atoms with van der Waals surface area (Å²) in [5.74, 6) is -2.29. The zero-order valence-electron chi connectivity index (χ0n) is 16.0. The smallest absolute Gasteiger partial charge is 0.313 e. The fourth-order valence-corrected chi connectivity index (χ4v) is 4.54. The number of halogens is 3. The molecule has 5 nitrogen and oxygen atoms in total. The fraction of sp³-hybridized carbons (Fsp3) is 0.273. The van der Waals surface area contributed by atoms with E-state index in [1.165, 1.54) is 18.2 Å². The molecule has 3 aromatic rings. The third-order valence-corrected chi connectivity index (χ3v) is 5.96. The molecule has 0 saturated heterocycles. The quantitative estimate of drug-likeness (QED) is 0.636. The number of nitrogens with zero attached hydrogens (tertiary/aromatic N) is 3. The average Bonchev–Trinajstić information content (AvgIpc) is 3.37. The molecule has 5 rings (SSSR count). The van der Waals surface area contributed by atoms with Crippen LogP contribution in [0.4, 0.5) is 23.7 Å². The van der Waals surface area contributed by atoms with Gasteiger partial charge in [-0.25, -0.2) is 18.0 Å². The third kappa shape index (κ3) is 3.12. The molecule has 154 valence electrons. The summed E-state index contributed by atoms with van der Waals surface area (Å²) < 4.78 is 42.1. The Labute approximate surface area is 171 Å². The number of fused-ring (bicyclic) bond motifs is 3. The molecule has 1 N–H and O–H groups in total. The molecule has 8 heteroatoms. The molecule has 0 bridgehead atoms. The number of urea groups is 1. The first-order valence-corrected chi connectivity index (χ1v) is 9.86. The second-order valence-electron chi connectivity index (χ2n) is 7.71. The summed E-state index contributed by atoms with van der Waals surface area (Å²) in [6.07, 6.45) is 4.47. The lowest BCUT2D eigenvalue weighted by atomic mass is 10.0. The van der Waals surface area contributed by atoms with Gasteiger partial charge >= 0.3 is 6.03 Å². The minimum absolute atomic E-state index is 0.0243. The Morgan fingerprint density at radius 1 is 1.00 bits per heavy atom. The highest BCUT2D eigenvalue weighted by molar-refractivity contribution is 5.89. The summed E-state index contributed by atoms with van der Waals surface area (Å²) >= 11 is 0. The van der Waals surface area contributed by atoms with Crippen molar-refractivity contribution >= 4 is 11.7 Å². The van der Waals surface area contributed by atoms with Crippen LogP contribution in [0.25, 0.3) is 11.1 Å². The van der Waals surface area contributed by atoms with E-state index < -0.39 is 11.6 Å². The molecule has 1 fully saturated rings. The van der Waals surface area contributed by atoms with E-state index in [-0.39, 0.29) is 29.6 Å². The average molecular weight is 412 g/mol. The third-order valence-electron chi connectivity index (χ3n) is 5.96. The normalized spacial score (nSPS) is 20.0. The Kier molecular flexibility index (Phi) is 4.49. The highest BCUT2D eigenvalue weighted by Crippen LogP contribution is 2.41. The lowest BCUT2D eigenvalue weighted by molar-refractivity contribution is 0.139. The second kappa shape index (κ2) is 7.19. The van der Waals surface area contributed by atoms with Crippen molar-refractivity contribution in [2.24, 2.45) is 0 Å². The van der Waals surface area contributed by atoms with E-state index in [4.69, 9.17) is 0 Å².